The largest absolute Gasteiger partial charge is 0.493 e. The van der Waals surface area contributed by atoms with Crippen LogP contribution in [0.4, 0.5) is 0 Å². The number of halogens is 1. The van der Waals surface area contributed by atoms with Crippen molar-refractivity contribution in [3.05, 3.63) is 47.0 Å². The van der Waals surface area contributed by atoms with E-state index in [9.17, 15) is 9.90 Å². The molecule has 5 nitrogen and oxygen atoms in total. The van der Waals surface area contributed by atoms with Gasteiger partial charge in [-0.3, -0.25) is 0 Å². The van der Waals surface area contributed by atoms with E-state index in [1.165, 1.54) is 14.2 Å². The van der Waals surface area contributed by atoms with Crippen molar-refractivity contribution in [2.24, 2.45) is 0 Å². The summed E-state index contributed by atoms with van der Waals surface area (Å²) in [5.74, 6) is 0.222. The number of hydrogen-bond donors (Lipinski definition) is 1. The summed E-state index contributed by atoms with van der Waals surface area (Å²) >= 11 is 3.34. The average molecular weight is 357 g/mol. The molecule has 1 aromatic rings. The number of esters is 1. The third-order valence-electron chi connectivity index (χ3n) is 2.69. The Bertz CT molecular complexity index is 553. The summed E-state index contributed by atoms with van der Waals surface area (Å²) in [7, 11) is 2.71. The van der Waals surface area contributed by atoms with Crippen molar-refractivity contribution in [1.82, 2.24) is 0 Å². The lowest BCUT2D eigenvalue weighted by Gasteiger charge is -2.17. The molecule has 0 aliphatic carbocycles. The van der Waals surface area contributed by atoms with Crippen LogP contribution in [-0.4, -0.2) is 31.9 Å². The Hall–Kier alpha value is -1.79. The number of aliphatic hydroxyl groups is 1. The molecule has 21 heavy (non-hydrogen) atoms. The molecule has 0 heterocycles. The lowest BCUT2D eigenvalue weighted by Crippen LogP contribution is -2.12. The Morgan fingerprint density at radius 2 is 2.14 bits per heavy atom. The van der Waals surface area contributed by atoms with E-state index in [1.54, 1.807) is 18.2 Å². The fourth-order valence-corrected chi connectivity index (χ4v) is 2.20. The van der Waals surface area contributed by atoms with Gasteiger partial charge >= 0.3 is 5.97 Å². The fraction of sp³-hybridized carbons (Fsp3) is 0.267. The number of carbonyl (C=O) groups is 1. The highest BCUT2D eigenvalue weighted by atomic mass is 79.9. The zero-order valence-electron chi connectivity index (χ0n) is 11.9. The van der Waals surface area contributed by atoms with Crippen LogP contribution in [0.1, 0.15) is 11.7 Å². The summed E-state index contributed by atoms with van der Waals surface area (Å²) in [4.78, 5) is 11.4. The quantitative estimate of drug-likeness (QED) is 0.462. The van der Waals surface area contributed by atoms with Crippen LogP contribution in [0.2, 0.25) is 0 Å². The van der Waals surface area contributed by atoms with E-state index in [0.29, 0.717) is 28.1 Å². The highest BCUT2D eigenvalue weighted by molar-refractivity contribution is 9.10. The molecule has 0 spiro atoms. The second-order valence-electron chi connectivity index (χ2n) is 4.05. The van der Waals surface area contributed by atoms with Gasteiger partial charge in [-0.05, 0) is 33.6 Å². The molecule has 1 rings (SSSR count). The van der Waals surface area contributed by atoms with Crippen molar-refractivity contribution >= 4 is 21.9 Å². The second-order valence-corrected chi connectivity index (χ2v) is 4.91. The van der Waals surface area contributed by atoms with Gasteiger partial charge in [-0.1, -0.05) is 19.2 Å². The monoisotopic (exact) mass is 356 g/mol. The molecule has 6 heteroatoms. The maximum atomic E-state index is 11.4. The minimum absolute atomic E-state index is 0.0637. The van der Waals surface area contributed by atoms with Crippen LogP contribution >= 0.6 is 15.9 Å². The summed E-state index contributed by atoms with van der Waals surface area (Å²) in [5, 5.41) is 10.2. The van der Waals surface area contributed by atoms with Crippen LogP contribution in [0.15, 0.2) is 41.4 Å². The molecule has 0 saturated heterocycles. The van der Waals surface area contributed by atoms with Crippen LogP contribution < -0.4 is 9.47 Å². The molecule has 0 aliphatic heterocycles. The normalized spacial score (nSPS) is 11.4. The first-order valence-corrected chi connectivity index (χ1v) is 6.81. The molecule has 1 N–H and O–H groups in total. The number of carbonyl (C=O) groups excluding carboxylic acids is 1. The number of benzene rings is 1. The summed E-state index contributed by atoms with van der Waals surface area (Å²) in [6, 6.07) is 3.20. The number of aliphatic hydroxyl groups excluding tert-OH is 1. The first-order chi connectivity index (χ1) is 9.96. The third-order valence-corrected chi connectivity index (χ3v) is 3.28. The van der Waals surface area contributed by atoms with Crippen LogP contribution in [0.25, 0.3) is 0 Å². The summed E-state index contributed by atoms with van der Waals surface area (Å²) < 4.78 is 15.8. The van der Waals surface area contributed by atoms with Crippen molar-refractivity contribution in [1.29, 1.82) is 0 Å². The van der Waals surface area contributed by atoms with E-state index in [1.807, 2.05) is 0 Å². The molecule has 0 aliphatic rings. The maximum absolute atomic E-state index is 11.4. The van der Waals surface area contributed by atoms with Crippen LogP contribution in [0.5, 0.6) is 11.5 Å². The first-order valence-electron chi connectivity index (χ1n) is 6.02. The topological polar surface area (TPSA) is 65.0 Å². The molecule has 0 aromatic heterocycles. The number of rotatable bonds is 7. The minimum Gasteiger partial charge on any atom is -0.493 e. The summed E-state index contributed by atoms with van der Waals surface area (Å²) in [6.45, 7) is 7.42. The third kappa shape index (κ3) is 4.09. The van der Waals surface area contributed by atoms with E-state index in [0.717, 1.165) is 0 Å². The number of methoxy groups -OCH3 is 2. The Morgan fingerprint density at radius 1 is 1.48 bits per heavy atom. The zero-order chi connectivity index (χ0) is 16.0. The van der Waals surface area contributed by atoms with Gasteiger partial charge in [0.15, 0.2) is 11.5 Å². The van der Waals surface area contributed by atoms with E-state index < -0.39 is 12.1 Å². The van der Waals surface area contributed by atoms with Crippen molar-refractivity contribution in [3.8, 4) is 11.5 Å². The number of ether oxygens (including phenoxy) is 3. The smallest absolute Gasteiger partial charge is 0.336 e. The Labute approximate surface area is 132 Å². The van der Waals surface area contributed by atoms with E-state index in [-0.39, 0.29) is 5.57 Å². The molecule has 0 bridgehead atoms. The van der Waals surface area contributed by atoms with Gasteiger partial charge in [0.25, 0.3) is 0 Å². The highest BCUT2D eigenvalue weighted by Crippen LogP contribution is 2.39. The maximum Gasteiger partial charge on any atom is 0.336 e. The zero-order valence-corrected chi connectivity index (χ0v) is 13.5. The highest BCUT2D eigenvalue weighted by Gasteiger charge is 2.22. The molecule has 1 aromatic carbocycles. The molecular weight excluding hydrogens is 340 g/mol. The Balaban J connectivity index is 3.16. The van der Waals surface area contributed by atoms with Crippen LogP contribution in [0, 0.1) is 0 Å². The van der Waals surface area contributed by atoms with E-state index >= 15 is 0 Å². The van der Waals surface area contributed by atoms with Gasteiger partial charge < -0.3 is 19.3 Å². The van der Waals surface area contributed by atoms with Gasteiger partial charge in [-0.2, -0.15) is 0 Å². The Kier molecular flexibility index (Phi) is 6.45. The van der Waals surface area contributed by atoms with E-state index in [2.05, 4.69) is 33.8 Å². The second kappa shape index (κ2) is 7.85. The van der Waals surface area contributed by atoms with Crippen LogP contribution in [-0.2, 0) is 9.53 Å². The van der Waals surface area contributed by atoms with Gasteiger partial charge in [0.05, 0.1) is 24.3 Å². The van der Waals surface area contributed by atoms with Gasteiger partial charge in [-0.15, -0.1) is 0 Å². The number of hydrogen-bond acceptors (Lipinski definition) is 5. The molecule has 114 valence electrons. The minimum atomic E-state index is -1.20. The van der Waals surface area contributed by atoms with E-state index in [4.69, 9.17) is 9.47 Å². The first kappa shape index (κ1) is 17.3. The van der Waals surface area contributed by atoms with Crippen molar-refractivity contribution in [2.45, 2.75) is 6.10 Å². The molecular formula is C15H17BrO5. The predicted molar refractivity (Wildman–Crippen MR) is 82.5 cm³/mol. The predicted octanol–water partition coefficient (Wildman–Crippen LogP) is 2.79. The molecule has 0 radical (unpaired) electrons. The lowest BCUT2D eigenvalue weighted by atomic mass is 10.0. The fourth-order valence-electron chi connectivity index (χ4n) is 1.62. The standard InChI is InChI=1S/C15H17BrO5/c1-5-6-21-14-11(16)7-10(8-12(14)19-3)13(17)9(2)15(18)20-4/h5,7-8,13,17H,1-2,6H2,3-4H3. The average Bonchev–Trinajstić information content (AvgIpc) is 2.50. The SMILES string of the molecule is C=CCOc1c(Br)cc(C(O)C(=C)C(=O)OC)cc1OC. The van der Waals surface area contributed by atoms with Gasteiger partial charge in [-0.25, -0.2) is 4.79 Å². The van der Waals surface area contributed by atoms with Crippen molar-refractivity contribution < 1.29 is 24.1 Å². The molecule has 0 fully saturated rings. The van der Waals surface area contributed by atoms with Gasteiger partial charge in [0, 0.05) is 0 Å². The Morgan fingerprint density at radius 3 is 2.67 bits per heavy atom. The molecule has 0 saturated carbocycles. The van der Waals surface area contributed by atoms with Gasteiger partial charge in [0.2, 0.25) is 0 Å². The van der Waals surface area contributed by atoms with Crippen molar-refractivity contribution in [2.75, 3.05) is 20.8 Å². The van der Waals surface area contributed by atoms with Gasteiger partial charge in [0.1, 0.15) is 12.7 Å². The lowest BCUT2D eigenvalue weighted by molar-refractivity contribution is -0.137. The molecule has 1 atom stereocenters. The van der Waals surface area contributed by atoms with Crippen LogP contribution in [0.3, 0.4) is 0 Å². The van der Waals surface area contributed by atoms with Crippen molar-refractivity contribution in [3.63, 3.8) is 0 Å². The molecule has 0 amide bonds. The molecule has 1 unspecified atom stereocenters. The summed E-state index contributed by atoms with van der Waals surface area (Å²) in [6.07, 6.45) is 0.407. The summed E-state index contributed by atoms with van der Waals surface area (Å²) in [5.41, 5.74) is 0.367.